The molecule has 2 heteroatoms. The van der Waals surface area contributed by atoms with Crippen molar-refractivity contribution in [1.29, 1.82) is 0 Å². The fraction of sp³-hybridized carbons (Fsp3) is 0.625. The Hall–Kier alpha value is -0.860. The fourth-order valence-electron chi connectivity index (χ4n) is 4.39. The molecule has 1 aliphatic heterocycles. The van der Waals surface area contributed by atoms with Crippen LogP contribution in [0.2, 0.25) is 0 Å². The van der Waals surface area contributed by atoms with Gasteiger partial charge in [0.1, 0.15) is 0 Å². The van der Waals surface area contributed by atoms with Crippen molar-refractivity contribution in [2.24, 2.45) is 5.73 Å². The zero-order valence-corrected chi connectivity index (χ0v) is 10.8. The van der Waals surface area contributed by atoms with Crippen LogP contribution in [0.3, 0.4) is 0 Å². The maximum absolute atomic E-state index is 5.97. The van der Waals surface area contributed by atoms with E-state index in [0.29, 0.717) is 5.92 Å². The third-order valence-corrected chi connectivity index (χ3v) is 5.26. The second kappa shape index (κ2) is 4.07. The summed E-state index contributed by atoms with van der Waals surface area (Å²) in [4.78, 5) is 0. The molecule has 0 amide bonds. The Balaban J connectivity index is 1.92. The molecule has 0 aromatic heterocycles. The molecular formula is C16H21NO. The lowest BCUT2D eigenvalue weighted by Crippen LogP contribution is -2.30. The van der Waals surface area contributed by atoms with E-state index in [4.69, 9.17) is 10.5 Å². The minimum atomic E-state index is 0.433. The molecule has 1 aromatic carbocycles. The molecule has 0 saturated heterocycles. The van der Waals surface area contributed by atoms with Crippen LogP contribution in [0.25, 0.3) is 0 Å². The Kier molecular flexibility index (Phi) is 2.49. The van der Waals surface area contributed by atoms with Crippen LogP contribution in [-0.2, 0) is 11.3 Å². The molecule has 1 heterocycles. The zero-order valence-electron chi connectivity index (χ0n) is 10.8. The lowest BCUT2D eigenvalue weighted by Gasteiger charge is -2.42. The van der Waals surface area contributed by atoms with Gasteiger partial charge in [-0.15, -0.1) is 0 Å². The summed E-state index contributed by atoms with van der Waals surface area (Å²) in [7, 11) is 0. The lowest BCUT2D eigenvalue weighted by molar-refractivity contribution is 0.0916. The number of ether oxygens (including phenoxy) is 1. The summed E-state index contributed by atoms with van der Waals surface area (Å²) >= 11 is 0. The summed E-state index contributed by atoms with van der Waals surface area (Å²) in [6.45, 7) is 2.33. The molecule has 18 heavy (non-hydrogen) atoms. The van der Waals surface area contributed by atoms with E-state index in [9.17, 15) is 0 Å². The summed E-state index contributed by atoms with van der Waals surface area (Å²) < 4.78 is 5.69. The summed E-state index contributed by atoms with van der Waals surface area (Å²) in [5, 5.41) is 0. The number of hydrogen-bond donors (Lipinski definition) is 1. The van der Waals surface area contributed by atoms with E-state index in [-0.39, 0.29) is 0 Å². The average Bonchev–Trinajstić information content (AvgIpc) is 2.47. The van der Waals surface area contributed by atoms with Gasteiger partial charge in [-0.1, -0.05) is 12.1 Å². The van der Waals surface area contributed by atoms with Crippen molar-refractivity contribution in [1.82, 2.24) is 0 Å². The molecule has 2 nitrogen and oxygen atoms in total. The monoisotopic (exact) mass is 243 g/mol. The second-order valence-electron chi connectivity index (χ2n) is 6.14. The standard InChI is InChI=1S/C16H21NO/c17-7-13-9-18-8-12-5-6-14-10-1-3-11(4-2-10)16(14)15(12)13/h5-6,10-11,13H,1-4,7-9,17H2. The molecule has 1 aromatic rings. The number of hydrogen-bond acceptors (Lipinski definition) is 2. The van der Waals surface area contributed by atoms with Crippen molar-refractivity contribution in [2.45, 2.75) is 50.0 Å². The van der Waals surface area contributed by atoms with Crippen LogP contribution in [0.5, 0.6) is 0 Å². The van der Waals surface area contributed by atoms with Gasteiger partial charge in [0, 0.05) is 12.5 Å². The number of fused-ring (bicyclic) bond motifs is 3. The minimum absolute atomic E-state index is 0.433. The molecule has 3 aliphatic carbocycles. The smallest absolute Gasteiger partial charge is 0.0720 e. The summed E-state index contributed by atoms with van der Waals surface area (Å²) in [5.41, 5.74) is 12.3. The zero-order chi connectivity index (χ0) is 12.1. The number of rotatable bonds is 1. The maximum atomic E-state index is 5.97. The highest BCUT2D eigenvalue weighted by molar-refractivity contribution is 5.50. The van der Waals surface area contributed by atoms with Gasteiger partial charge >= 0.3 is 0 Å². The Morgan fingerprint density at radius 1 is 1.06 bits per heavy atom. The molecule has 96 valence electrons. The predicted octanol–water partition coefficient (Wildman–Crippen LogP) is 3.01. The first kappa shape index (κ1) is 11.0. The molecule has 1 fully saturated rings. The third kappa shape index (κ3) is 1.42. The van der Waals surface area contributed by atoms with E-state index < -0.39 is 0 Å². The van der Waals surface area contributed by atoms with Crippen LogP contribution < -0.4 is 5.73 Å². The Labute approximate surface area is 109 Å². The van der Waals surface area contributed by atoms with Gasteiger partial charge in [-0.05, 0) is 59.8 Å². The van der Waals surface area contributed by atoms with E-state index >= 15 is 0 Å². The Bertz CT molecular complexity index is 474. The van der Waals surface area contributed by atoms with Crippen molar-refractivity contribution in [3.63, 3.8) is 0 Å². The first-order valence-electron chi connectivity index (χ1n) is 7.32. The van der Waals surface area contributed by atoms with Gasteiger partial charge in [0.25, 0.3) is 0 Å². The highest BCUT2D eigenvalue weighted by atomic mass is 16.5. The fourth-order valence-corrected chi connectivity index (χ4v) is 4.39. The van der Waals surface area contributed by atoms with Crippen LogP contribution >= 0.6 is 0 Å². The van der Waals surface area contributed by atoms with E-state index in [2.05, 4.69) is 12.1 Å². The van der Waals surface area contributed by atoms with Gasteiger partial charge in [0.05, 0.1) is 13.2 Å². The topological polar surface area (TPSA) is 35.2 Å². The molecule has 1 atom stereocenters. The van der Waals surface area contributed by atoms with Crippen LogP contribution in [0, 0.1) is 0 Å². The number of benzene rings is 1. The molecule has 5 rings (SSSR count). The molecule has 2 bridgehead atoms. The predicted molar refractivity (Wildman–Crippen MR) is 71.8 cm³/mol. The van der Waals surface area contributed by atoms with Gasteiger partial charge in [-0.25, -0.2) is 0 Å². The third-order valence-electron chi connectivity index (χ3n) is 5.26. The van der Waals surface area contributed by atoms with Crippen LogP contribution in [0.4, 0.5) is 0 Å². The van der Waals surface area contributed by atoms with Gasteiger partial charge < -0.3 is 10.5 Å². The van der Waals surface area contributed by atoms with Gasteiger partial charge in [-0.3, -0.25) is 0 Å². The van der Waals surface area contributed by atoms with Crippen molar-refractivity contribution in [3.05, 3.63) is 34.4 Å². The normalized spacial score (nSPS) is 33.1. The first-order valence-corrected chi connectivity index (χ1v) is 7.32. The van der Waals surface area contributed by atoms with Crippen molar-refractivity contribution >= 4 is 0 Å². The van der Waals surface area contributed by atoms with Crippen LogP contribution in [0.15, 0.2) is 12.1 Å². The second-order valence-corrected chi connectivity index (χ2v) is 6.14. The molecule has 1 saturated carbocycles. The van der Waals surface area contributed by atoms with Gasteiger partial charge in [-0.2, -0.15) is 0 Å². The molecular weight excluding hydrogens is 222 g/mol. The van der Waals surface area contributed by atoms with Crippen LogP contribution in [-0.4, -0.2) is 13.2 Å². The molecule has 0 radical (unpaired) electrons. The molecule has 0 spiro atoms. The minimum Gasteiger partial charge on any atom is -0.376 e. The van der Waals surface area contributed by atoms with Crippen molar-refractivity contribution in [2.75, 3.05) is 13.2 Å². The van der Waals surface area contributed by atoms with Crippen LogP contribution in [0.1, 0.15) is 65.7 Å². The lowest BCUT2D eigenvalue weighted by atomic mass is 9.64. The molecule has 2 N–H and O–H groups in total. The van der Waals surface area contributed by atoms with Gasteiger partial charge in [0.2, 0.25) is 0 Å². The van der Waals surface area contributed by atoms with E-state index in [0.717, 1.165) is 31.6 Å². The molecule has 1 unspecified atom stereocenters. The van der Waals surface area contributed by atoms with E-state index in [1.54, 1.807) is 16.7 Å². The summed E-state index contributed by atoms with van der Waals surface area (Å²) in [5.74, 6) is 2.08. The highest BCUT2D eigenvalue weighted by Gasteiger charge is 2.37. The average molecular weight is 243 g/mol. The van der Waals surface area contributed by atoms with E-state index in [1.807, 2.05) is 0 Å². The first-order chi connectivity index (χ1) is 8.88. The van der Waals surface area contributed by atoms with E-state index in [1.165, 1.54) is 31.2 Å². The Morgan fingerprint density at radius 3 is 2.61 bits per heavy atom. The maximum Gasteiger partial charge on any atom is 0.0720 e. The SMILES string of the molecule is NCC1COCc2ccc3c(c21)C1CCC3CC1. The van der Waals surface area contributed by atoms with Gasteiger partial charge in [0.15, 0.2) is 0 Å². The molecule has 4 aliphatic rings. The summed E-state index contributed by atoms with van der Waals surface area (Å²) in [6.07, 6.45) is 5.60. The largest absolute Gasteiger partial charge is 0.376 e. The number of nitrogens with two attached hydrogens (primary N) is 1. The van der Waals surface area contributed by atoms with Crippen molar-refractivity contribution in [3.8, 4) is 0 Å². The van der Waals surface area contributed by atoms with Crippen molar-refractivity contribution < 1.29 is 4.74 Å². The highest BCUT2D eigenvalue weighted by Crippen LogP contribution is 2.52. The Morgan fingerprint density at radius 2 is 1.83 bits per heavy atom. The quantitative estimate of drug-likeness (QED) is 0.823. The summed E-state index contributed by atoms with van der Waals surface area (Å²) in [6, 6.07) is 4.68.